The van der Waals surface area contributed by atoms with Crippen molar-refractivity contribution in [2.45, 2.75) is 13.0 Å². The van der Waals surface area contributed by atoms with Gasteiger partial charge in [0.2, 0.25) is 0 Å². The summed E-state index contributed by atoms with van der Waals surface area (Å²) in [5.41, 5.74) is -0.0982. The number of rotatable bonds is 2. The maximum absolute atomic E-state index is 12.2. The van der Waals surface area contributed by atoms with Crippen LogP contribution in [-0.4, -0.2) is 30.0 Å². The lowest BCUT2D eigenvalue weighted by Crippen LogP contribution is -2.45. The monoisotopic (exact) mass is 259 g/mol. The SMILES string of the molecule is CC(=O)C12C(=O)OCC=C1COC2c1ccccn1. The smallest absolute Gasteiger partial charge is 0.327 e. The number of carbonyl (C=O) groups excluding carboxylic acids is 2. The summed E-state index contributed by atoms with van der Waals surface area (Å²) in [6.45, 7) is 1.85. The Hall–Kier alpha value is -2.01. The Balaban J connectivity index is 2.16. The topological polar surface area (TPSA) is 65.5 Å². The first-order valence-electron chi connectivity index (χ1n) is 6.07. The van der Waals surface area contributed by atoms with Crippen LogP contribution in [0.25, 0.3) is 0 Å². The quantitative estimate of drug-likeness (QED) is 0.454. The minimum Gasteiger partial charge on any atom is -0.460 e. The van der Waals surface area contributed by atoms with Gasteiger partial charge in [0, 0.05) is 6.20 Å². The van der Waals surface area contributed by atoms with Gasteiger partial charge in [0.15, 0.2) is 11.2 Å². The molecule has 0 spiro atoms. The maximum atomic E-state index is 12.2. The molecule has 19 heavy (non-hydrogen) atoms. The molecule has 0 bridgehead atoms. The molecule has 3 heterocycles. The van der Waals surface area contributed by atoms with Crippen LogP contribution in [-0.2, 0) is 19.1 Å². The average Bonchev–Trinajstić information content (AvgIpc) is 2.81. The predicted molar refractivity (Wildman–Crippen MR) is 65.1 cm³/mol. The summed E-state index contributed by atoms with van der Waals surface area (Å²) in [6.07, 6.45) is 2.67. The number of ketones is 1. The molecule has 98 valence electrons. The van der Waals surface area contributed by atoms with E-state index in [1.54, 1.807) is 30.5 Å². The molecule has 0 aromatic carbocycles. The molecule has 2 unspecified atom stereocenters. The summed E-state index contributed by atoms with van der Waals surface area (Å²) < 4.78 is 10.7. The molecule has 2 atom stereocenters. The van der Waals surface area contributed by atoms with Gasteiger partial charge in [-0.1, -0.05) is 6.07 Å². The van der Waals surface area contributed by atoms with Crippen LogP contribution in [0.1, 0.15) is 18.7 Å². The minimum atomic E-state index is -1.35. The van der Waals surface area contributed by atoms with Crippen molar-refractivity contribution in [3.05, 3.63) is 41.7 Å². The predicted octanol–water partition coefficient (Wildman–Crippen LogP) is 1.21. The van der Waals surface area contributed by atoms with Crippen molar-refractivity contribution in [2.75, 3.05) is 13.2 Å². The minimum absolute atomic E-state index is 0.196. The molecular weight excluding hydrogens is 246 g/mol. The van der Waals surface area contributed by atoms with Crippen LogP contribution in [0, 0.1) is 5.41 Å². The lowest BCUT2D eigenvalue weighted by molar-refractivity contribution is -0.162. The van der Waals surface area contributed by atoms with Gasteiger partial charge in [0.1, 0.15) is 12.7 Å². The Morgan fingerprint density at radius 3 is 3.00 bits per heavy atom. The van der Waals surface area contributed by atoms with Gasteiger partial charge in [-0.05, 0) is 30.7 Å². The molecule has 1 saturated heterocycles. The fourth-order valence-electron chi connectivity index (χ4n) is 2.76. The molecule has 5 nitrogen and oxygen atoms in total. The number of aromatic nitrogens is 1. The summed E-state index contributed by atoms with van der Waals surface area (Å²) in [5, 5.41) is 0. The van der Waals surface area contributed by atoms with Gasteiger partial charge in [-0.25, -0.2) is 0 Å². The highest BCUT2D eigenvalue weighted by atomic mass is 16.5. The van der Waals surface area contributed by atoms with Crippen LogP contribution in [0.5, 0.6) is 0 Å². The Kier molecular flexibility index (Phi) is 2.71. The molecule has 1 aromatic rings. The molecule has 2 aliphatic rings. The maximum Gasteiger partial charge on any atom is 0.327 e. The molecule has 5 heteroatoms. The van der Waals surface area contributed by atoms with E-state index in [0.717, 1.165) is 0 Å². The second-order valence-corrected chi connectivity index (χ2v) is 4.64. The highest BCUT2D eigenvalue weighted by Crippen LogP contribution is 2.51. The van der Waals surface area contributed by atoms with E-state index in [4.69, 9.17) is 9.47 Å². The van der Waals surface area contributed by atoms with Gasteiger partial charge in [0.05, 0.1) is 12.3 Å². The standard InChI is InChI=1S/C14H13NO4/c1-9(16)14-10(5-7-18-13(14)17)8-19-12(14)11-4-2-3-6-15-11/h2-6,12H,7-8H2,1H3. The molecule has 0 aliphatic carbocycles. The molecular formula is C14H13NO4. The number of carbonyl (C=O) groups is 2. The van der Waals surface area contributed by atoms with Crippen LogP contribution in [0.15, 0.2) is 36.0 Å². The first-order chi connectivity index (χ1) is 9.17. The van der Waals surface area contributed by atoms with Gasteiger partial charge in [-0.2, -0.15) is 0 Å². The molecule has 0 amide bonds. The van der Waals surface area contributed by atoms with Crippen molar-refractivity contribution in [2.24, 2.45) is 5.41 Å². The molecule has 3 rings (SSSR count). The van der Waals surface area contributed by atoms with E-state index in [9.17, 15) is 9.59 Å². The summed E-state index contributed by atoms with van der Waals surface area (Å²) in [5.74, 6) is -0.803. The van der Waals surface area contributed by atoms with Crippen LogP contribution in [0.4, 0.5) is 0 Å². The highest BCUT2D eigenvalue weighted by molar-refractivity contribution is 6.08. The fourth-order valence-corrected chi connectivity index (χ4v) is 2.76. The zero-order valence-corrected chi connectivity index (χ0v) is 10.5. The zero-order chi connectivity index (χ0) is 13.5. The van der Waals surface area contributed by atoms with E-state index in [1.807, 2.05) is 0 Å². The average molecular weight is 259 g/mol. The lowest BCUT2D eigenvalue weighted by atomic mass is 9.72. The van der Waals surface area contributed by atoms with Crippen molar-refractivity contribution in [3.8, 4) is 0 Å². The van der Waals surface area contributed by atoms with Crippen LogP contribution >= 0.6 is 0 Å². The number of cyclic esters (lactones) is 1. The van der Waals surface area contributed by atoms with Crippen LogP contribution in [0.3, 0.4) is 0 Å². The number of fused-ring (bicyclic) bond motifs is 1. The van der Waals surface area contributed by atoms with E-state index < -0.39 is 17.5 Å². The number of hydrogen-bond acceptors (Lipinski definition) is 5. The number of esters is 1. The molecule has 0 saturated carbocycles. The molecule has 1 aromatic heterocycles. The van der Waals surface area contributed by atoms with Crippen molar-refractivity contribution in [1.82, 2.24) is 4.98 Å². The fraction of sp³-hybridized carbons (Fsp3) is 0.357. The van der Waals surface area contributed by atoms with E-state index in [1.165, 1.54) is 6.92 Å². The van der Waals surface area contributed by atoms with E-state index in [0.29, 0.717) is 11.3 Å². The van der Waals surface area contributed by atoms with Crippen molar-refractivity contribution >= 4 is 11.8 Å². The summed E-state index contributed by atoms with van der Waals surface area (Å²) in [6, 6.07) is 5.32. The van der Waals surface area contributed by atoms with Crippen molar-refractivity contribution in [3.63, 3.8) is 0 Å². The number of ether oxygens (including phenoxy) is 2. The Morgan fingerprint density at radius 1 is 1.47 bits per heavy atom. The summed E-state index contributed by atoms with van der Waals surface area (Å²) in [4.78, 5) is 28.6. The molecule has 1 fully saturated rings. The van der Waals surface area contributed by atoms with Gasteiger partial charge >= 0.3 is 5.97 Å². The Labute approximate surface area is 110 Å². The van der Waals surface area contributed by atoms with Crippen LogP contribution < -0.4 is 0 Å². The van der Waals surface area contributed by atoms with E-state index in [2.05, 4.69) is 4.98 Å². The third-order valence-electron chi connectivity index (χ3n) is 3.68. The second-order valence-electron chi connectivity index (χ2n) is 4.64. The number of hydrogen-bond donors (Lipinski definition) is 0. The molecule has 0 radical (unpaired) electrons. The third kappa shape index (κ3) is 1.55. The van der Waals surface area contributed by atoms with Gasteiger partial charge in [-0.15, -0.1) is 0 Å². The van der Waals surface area contributed by atoms with Crippen LogP contribution in [0.2, 0.25) is 0 Å². The van der Waals surface area contributed by atoms with Gasteiger partial charge < -0.3 is 9.47 Å². The number of Topliss-reactive ketones (excluding diaryl/α,β-unsaturated/α-hetero) is 1. The summed E-state index contributed by atoms with van der Waals surface area (Å²) in [7, 11) is 0. The van der Waals surface area contributed by atoms with Crippen molar-refractivity contribution in [1.29, 1.82) is 0 Å². The second kappa shape index (κ2) is 4.28. The van der Waals surface area contributed by atoms with Crippen molar-refractivity contribution < 1.29 is 19.1 Å². The van der Waals surface area contributed by atoms with E-state index >= 15 is 0 Å². The van der Waals surface area contributed by atoms with Gasteiger partial charge in [0.25, 0.3) is 0 Å². The number of nitrogens with zero attached hydrogens (tertiary/aromatic N) is 1. The number of pyridine rings is 1. The molecule has 0 N–H and O–H groups in total. The lowest BCUT2D eigenvalue weighted by Gasteiger charge is -2.32. The first-order valence-corrected chi connectivity index (χ1v) is 6.07. The summed E-state index contributed by atoms with van der Waals surface area (Å²) >= 11 is 0. The normalized spacial score (nSPS) is 29.4. The Bertz CT molecular complexity index is 566. The largest absolute Gasteiger partial charge is 0.460 e. The van der Waals surface area contributed by atoms with Gasteiger partial charge in [-0.3, -0.25) is 14.6 Å². The Morgan fingerprint density at radius 2 is 2.32 bits per heavy atom. The third-order valence-corrected chi connectivity index (χ3v) is 3.68. The highest BCUT2D eigenvalue weighted by Gasteiger charge is 2.60. The first kappa shape index (κ1) is 12.0. The molecule has 2 aliphatic heterocycles. The van der Waals surface area contributed by atoms with E-state index in [-0.39, 0.29) is 19.0 Å². The zero-order valence-electron chi connectivity index (χ0n) is 10.5.